The predicted molar refractivity (Wildman–Crippen MR) is 125 cm³/mol. The molecule has 2 heteroatoms. The standard InChI is InChI=1S/C26H53N.H2O/c1-27(2)25-21-16-14-12-10-8-6-4-3-5-7-9-11-13-15-18-22-26-23-19-17-20-24-26;/h26H,3-25H2,1-2H3;1H2. The van der Waals surface area contributed by atoms with E-state index >= 15 is 0 Å². The van der Waals surface area contributed by atoms with Crippen LogP contribution in [0.25, 0.3) is 0 Å². The highest BCUT2D eigenvalue weighted by Crippen LogP contribution is 2.28. The zero-order valence-electron chi connectivity index (χ0n) is 19.8. The number of rotatable bonds is 19. The Bertz CT molecular complexity index is 286. The Morgan fingerprint density at radius 1 is 0.500 bits per heavy atom. The van der Waals surface area contributed by atoms with E-state index in [1.807, 2.05) is 0 Å². The van der Waals surface area contributed by atoms with Gasteiger partial charge in [0, 0.05) is 0 Å². The second-order valence-corrected chi connectivity index (χ2v) is 9.91. The SMILES string of the molecule is C[NH+](C)CCCCCCCCCCCCCCCCCCC1CCCCC1.[OH-]. The molecular weight excluding hydrogens is 342 g/mol. The maximum absolute atomic E-state index is 2.26. The first-order chi connectivity index (χ1) is 13.3. The smallest absolute Gasteiger partial charge is 0.0766 e. The van der Waals surface area contributed by atoms with Crippen molar-refractivity contribution >= 4 is 0 Å². The van der Waals surface area contributed by atoms with Crippen LogP contribution in [0.15, 0.2) is 0 Å². The van der Waals surface area contributed by atoms with E-state index in [-0.39, 0.29) is 5.48 Å². The molecule has 170 valence electrons. The highest BCUT2D eigenvalue weighted by molar-refractivity contribution is 4.65. The minimum Gasteiger partial charge on any atom is -0.870 e. The predicted octanol–water partition coefficient (Wildman–Crippen LogP) is 7.17. The maximum Gasteiger partial charge on any atom is 0.0766 e. The summed E-state index contributed by atoms with van der Waals surface area (Å²) in [6, 6.07) is 0. The van der Waals surface area contributed by atoms with Crippen LogP contribution in [0, 0.1) is 5.92 Å². The zero-order valence-corrected chi connectivity index (χ0v) is 19.8. The van der Waals surface area contributed by atoms with Gasteiger partial charge in [0.05, 0.1) is 20.6 Å². The summed E-state index contributed by atoms with van der Waals surface area (Å²) in [4.78, 5) is 1.60. The summed E-state index contributed by atoms with van der Waals surface area (Å²) < 4.78 is 0. The van der Waals surface area contributed by atoms with Gasteiger partial charge in [0.2, 0.25) is 0 Å². The van der Waals surface area contributed by atoms with Gasteiger partial charge in [-0.2, -0.15) is 0 Å². The molecule has 28 heavy (non-hydrogen) atoms. The molecule has 1 rings (SSSR count). The summed E-state index contributed by atoms with van der Waals surface area (Å²) in [6.07, 6.45) is 32.9. The third-order valence-corrected chi connectivity index (χ3v) is 6.76. The molecule has 1 aliphatic carbocycles. The van der Waals surface area contributed by atoms with Crippen molar-refractivity contribution in [3.8, 4) is 0 Å². The minimum absolute atomic E-state index is 0. The summed E-state index contributed by atoms with van der Waals surface area (Å²) in [6.45, 7) is 1.35. The largest absolute Gasteiger partial charge is 0.870 e. The van der Waals surface area contributed by atoms with Crippen molar-refractivity contribution in [3.63, 3.8) is 0 Å². The highest BCUT2D eigenvalue weighted by Gasteiger charge is 2.12. The van der Waals surface area contributed by atoms with Crippen molar-refractivity contribution in [2.75, 3.05) is 20.6 Å². The Morgan fingerprint density at radius 2 is 0.857 bits per heavy atom. The molecular formula is C26H55NO. The third-order valence-electron chi connectivity index (χ3n) is 6.76. The first kappa shape index (κ1) is 27.9. The van der Waals surface area contributed by atoms with Gasteiger partial charge < -0.3 is 10.4 Å². The minimum atomic E-state index is 0. The maximum atomic E-state index is 2.26. The molecule has 0 bridgehead atoms. The summed E-state index contributed by atoms with van der Waals surface area (Å²) in [5, 5.41) is 0. The van der Waals surface area contributed by atoms with Gasteiger partial charge in [-0.15, -0.1) is 0 Å². The lowest BCUT2D eigenvalue weighted by atomic mass is 9.85. The Hall–Kier alpha value is -0.0800. The fourth-order valence-electron chi connectivity index (χ4n) is 4.86. The molecule has 0 spiro atoms. The van der Waals surface area contributed by atoms with Gasteiger partial charge in [-0.3, -0.25) is 0 Å². The molecule has 0 aromatic carbocycles. The van der Waals surface area contributed by atoms with Crippen LogP contribution in [0.5, 0.6) is 0 Å². The van der Waals surface area contributed by atoms with Gasteiger partial charge in [0.1, 0.15) is 0 Å². The Labute approximate surface area is 178 Å². The Morgan fingerprint density at radius 3 is 1.25 bits per heavy atom. The van der Waals surface area contributed by atoms with E-state index in [1.54, 1.807) is 4.90 Å². The fourth-order valence-corrected chi connectivity index (χ4v) is 4.86. The first-order valence-electron chi connectivity index (χ1n) is 13.1. The van der Waals surface area contributed by atoms with Gasteiger partial charge in [-0.25, -0.2) is 0 Å². The molecule has 0 aromatic rings. The van der Waals surface area contributed by atoms with E-state index < -0.39 is 0 Å². The molecule has 0 amide bonds. The molecule has 2 nitrogen and oxygen atoms in total. The number of quaternary nitrogens is 1. The van der Waals surface area contributed by atoms with E-state index in [0.717, 1.165) is 5.92 Å². The van der Waals surface area contributed by atoms with Crippen molar-refractivity contribution in [1.29, 1.82) is 0 Å². The molecule has 1 saturated carbocycles. The molecule has 2 N–H and O–H groups in total. The van der Waals surface area contributed by atoms with E-state index in [0.29, 0.717) is 0 Å². The second kappa shape index (κ2) is 21.6. The van der Waals surface area contributed by atoms with Crippen LogP contribution in [0.1, 0.15) is 141 Å². The van der Waals surface area contributed by atoms with Gasteiger partial charge in [-0.1, -0.05) is 128 Å². The summed E-state index contributed by atoms with van der Waals surface area (Å²) >= 11 is 0. The van der Waals surface area contributed by atoms with Crippen LogP contribution in [-0.4, -0.2) is 26.1 Å². The molecule has 0 saturated heterocycles. The summed E-state index contributed by atoms with van der Waals surface area (Å²) in [5.41, 5.74) is 0. The van der Waals surface area contributed by atoms with Gasteiger partial charge in [0.15, 0.2) is 0 Å². The van der Waals surface area contributed by atoms with Crippen molar-refractivity contribution in [1.82, 2.24) is 0 Å². The lowest BCUT2D eigenvalue weighted by Crippen LogP contribution is -3.05. The van der Waals surface area contributed by atoms with Crippen LogP contribution in [-0.2, 0) is 0 Å². The van der Waals surface area contributed by atoms with Crippen LogP contribution in [0.2, 0.25) is 0 Å². The second-order valence-electron chi connectivity index (χ2n) is 9.91. The molecule has 1 fully saturated rings. The Balaban J connectivity index is 0.00000729. The molecule has 0 unspecified atom stereocenters. The van der Waals surface area contributed by atoms with E-state index in [1.165, 1.54) is 148 Å². The van der Waals surface area contributed by atoms with Crippen LogP contribution >= 0.6 is 0 Å². The average Bonchev–Trinajstić information content (AvgIpc) is 2.67. The summed E-state index contributed by atoms with van der Waals surface area (Å²) in [7, 11) is 4.53. The monoisotopic (exact) mass is 397 g/mol. The molecule has 0 aliphatic heterocycles. The van der Waals surface area contributed by atoms with Crippen molar-refractivity contribution in [3.05, 3.63) is 0 Å². The topological polar surface area (TPSA) is 34.4 Å². The van der Waals surface area contributed by atoms with Crippen LogP contribution in [0.4, 0.5) is 0 Å². The molecule has 0 radical (unpaired) electrons. The molecule has 0 atom stereocenters. The molecule has 1 aliphatic rings. The quantitative estimate of drug-likeness (QED) is 0.230. The Kier molecular flexibility index (Phi) is 21.6. The normalized spacial score (nSPS) is 15.1. The number of hydrogen-bond acceptors (Lipinski definition) is 1. The fraction of sp³-hybridized carbons (Fsp3) is 1.00. The highest BCUT2D eigenvalue weighted by atomic mass is 16.0. The summed E-state index contributed by atoms with van der Waals surface area (Å²) in [5.74, 6) is 1.10. The zero-order chi connectivity index (χ0) is 19.4. The lowest BCUT2D eigenvalue weighted by molar-refractivity contribution is -0.858. The van der Waals surface area contributed by atoms with E-state index in [9.17, 15) is 0 Å². The van der Waals surface area contributed by atoms with Crippen molar-refractivity contribution < 1.29 is 10.4 Å². The van der Waals surface area contributed by atoms with Crippen LogP contribution in [0.3, 0.4) is 0 Å². The average molecular weight is 398 g/mol. The number of nitrogens with one attached hydrogen (secondary N) is 1. The first-order valence-corrected chi connectivity index (χ1v) is 13.1. The van der Waals surface area contributed by atoms with E-state index in [2.05, 4.69) is 14.1 Å². The molecule has 0 heterocycles. The van der Waals surface area contributed by atoms with Crippen molar-refractivity contribution in [2.24, 2.45) is 5.92 Å². The van der Waals surface area contributed by atoms with Crippen LogP contribution < -0.4 is 4.90 Å². The third kappa shape index (κ3) is 19.2. The van der Waals surface area contributed by atoms with Crippen molar-refractivity contribution in [2.45, 2.75) is 141 Å². The van der Waals surface area contributed by atoms with E-state index in [4.69, 9.17) is 0 Å². The van der Waals surface area contributed by atoms with Gasteiger partial charge >= 0.3 is 0 Å². The van der Waals surface area contributed by atoms with Gasteiger partial charge in [0.25, 0.3) is 0 Å². The number of unbranched alkanes of at least 4 members (excludes halogenated alkanes) is 15. The lowest BCUT2D eigenvalue weighted by Gasteiger charge is -2.21. The molecule has 0 aromatic heterocycles. The van der Waals surface area contributed by atoms with Gasteiger partial charge in [-0.05, 0) is 18.8 Å². The number of hydrogen-bond donors (Lipinski definition) is 1.